The first kappa shape index (κ1) is 10.3. The van der Waals surface area contributed by atoms with Crippen molar-refractivity contribution in [2.75, 3.05) is 26.2 Å². The average Bonchev–Trinajstić information content (AvgIpc) is 2.44. The number of carboxylic acids is 1. The molecular weight excluding hydrogens is 196 g/mol. The van der Waals surface area contributed by atoms with Gasteiger partial charge >= 0.3 is 12.0 Å². The van der Waals surface area contributed by atoms with Crippen LogP contribution in [0.5, 0.6) is 0 Å². The molecule has 0 saturated carbocycles. The molecular formula is C10H16N2O3. The first-order valence-electron chi connectivity index (χ1n) is 5.36. The van der Waals surface area contributed by atoms with Crippen molar-refractivity contribution in [1.29, 1.82) is 0 Å². The molecule has 2 aliphatic rings. The Hall–Kier alpha value is -1.26. The fourth-order valence-electron chi connectivity index (χ4n) is 2.15. The van der Waals surface area contributed by atoms with Gasteiger partial charge in [-0.1, -0.05) is 6.92 Å². The predicted octanol–water partition coefficient (Wildman–Crippen LogP) is 0.465. The van der Waals surface area contributed by atoms with Crippen LogP contribution in [0.3, 0.4) is 0 Å². The predicted molar refractivity (Wildman–Crippen MR) is 53.4 cm³/mol. The molecule has 0 aliphatic carbocycles. The molecule has 5 nitrogen and oxygen atoms in total. The first-order valence-corrected chi connectivity index (χ1v) is 5.36. The van der Waals surface area contributed by atoms with E-state index in [9.17, 15) is 9.59 Å². The summed E-state index contributed by atoms with van der Waals surface area (Å²) in [7, 11) is 0. The van der Waals surface area contributed by atoms with Crippen LogP contribution in [-0.4, -0.2) is 53.1 Å². The lowest BCUT2D eigenvalue weighted by Gasteiger charge is -2.34. The van der Waals surface area contributed by atoms with Gasteiger partial charge in [0, 0.05) is 26.2 Å². The SMILES string of the molecule is C[C@@H]1CN(C(=O)N2CCC2)C[C@H]1C(=O)O. The minimum atomic E-state index is -0.790. The minimum Gasteiger partial charge on any atom is -0.481 e. The number of hydrogen-bond acceptors (Lipinski definition) is 2. The molecule has 0 aromatic carbocycles. The average molecular weight is 212 g/mol. The van der Waals surface area contributed by atoms with Crippen LogP contribution >= 0.6 is 0 Å². The van der Waals surface area contributed by atoms with E-state index in [0.29, 0.717) is 13.1 Å². The largest absolute Gasteiger partial charge is 0.481 e. The van der Waals surface area contributed by atoms with Gasteiger partial charge in [-0.05, 0) is 12.3 Å². The first-order chi connectivity index (χ1) is 7.09. The van der Waals surface area contributed by atoms with E-state index in [0.717, 1.165) is 19.5 Å². The molecule has 2 saturated heterocycles. The Balaban J connectivity index is 1.95. The molecule has 0 bridgehead atoms. The molecule has 0 unspecified atom stereocenters. The summed E-state index contributed by atoms with van der Waals surface area (Å²) >= 11 is 0. The van der Waals surface area contributed by atoms with E-state index in [1.807, 2.05) is 6.92 Å². The Morgan fingerprint density at radius 3 is 2.27 bits per heavy atom. The number of hydrogen-bond donors (Lipinski definition) is 1. The number of carbonyl (C=O) groups excluding carboxylic acids is 1. The lowest BCUT2D eigenvalue weighted by molar-refractivity contribution is -0.142. The Bertz CT molecular complexity index is 288. The summed E-state index contributed by atoms with van der Waals surface area (Å²) in [5, 5.41) is 8.94. The van der Waals surface area contributed by atoms with Gasteiger partial charge in [0.25, 0.3) is 0 Å². The molecule has 0 aromatic heterocycles. The number of rotatable bonds is 1. The van der Waals surface area contributed by atoms with Crippen molar-refractivity contribution in [2.45, 2.75) is 13.3 Å². The Morgan fingerprint density at radius 2 is 1.87 bits per heavy atom. The molecule has 0 radical (unpaired) electrons. The number of carbonyl (C=O) groups is 2. The summed E-state index contributed by atoms with van der Waals surface area (Å²) in [6.45, 7) is 4.48. The number of amides is 2. The summed E-state index contributed by atoms with van der Waals surface area (Å²) in [6, 6.07) is 0.0110. The molecule has 2 amide bonds. The molecule has 2 heterocycles. The van der Waals surface area contributed by atoms with E-state index < -0.39 is 11.9 Å². The van der Waals surface area contributed by atoms with Crippen LogP contribution in [-0.2, 0) is 4.79 Å². The van der Waals surface area contributed by atoms with Crippen LogP contribution in [0.2, 0.25) is 0 Å². The van der Waals surface area contributed by atoms with Gasteiger partial charge in [0.2, 0.25) is 0 Å². The van der Waals surface area contributed by atoms with Crippen LogP contribution in [0.1, 0.15) is 13.3 Å². The molecule has 2 aliphatic heterocycles. The van der Waals surface area contributed by atoms with Crippen LogP contribution in [0.4, 0.5) is 4.79 Å². The summed E-state index contributed by atoms with van der Waals surface area (Å²) in [5.41, 5.74) is 0. The van der Waals surface area contributed by atoms with E-state index >= 15 is 0 Å². The number of aliphatic carboxylic acids is 1. The summed E-state index contributed by atoms with van der Waals surface area (Å²) in [5.74, 6) is -1.12. The molecule has 2 atom stereocenters. The zero-order valence-corrected chi connectivity index (χ0v) is 8.85. The highest BCUT2D eigenvalue weighted by atomic mass is 16.4. The van der Waals surface area contributed by atoms with Crippen LogP contribution in [0.15, 0.2) is 0 Å². The van der Waals surface area contributed by atoms with E-state index in [4.69, 9.17) is 5.11 Å². The summed E-state index contributed by atoms with van der Waals surface area (Å²) in [6.07, 6.45) is 1.07. The lowest BCUT2D eigenvalue weighted by Crippen LogP contribution is -2.49. The van der Waals surface area contributed by atoms with Gasteiger partial charge < -0.3 is 14.9 Å². The zero-order chi connectivity index (χ0) is 11.0. The van der Waals surface area contributed by atoms with Crippen molar-refractivity contribution in [3.63, 3.8) is 0 Å². The number of urea groups is 1. The highest BCUT2D eigenvalue weighted by molar-refractivity contribution is 5.78. The highest BCUT2D eigenvalue weighted by Gasteiger charge is 2.39. The molecule has 5 heteroatoms. The van der Waals surface area contributed by atoms with Crippen molar-refractivity contribution in [3.05, 3.63) is 0 Å². The van der Waals surface area contributed by atoms with Gasteiger partial charge in [0.1, 0.15) is 0 Å². The van der Waals surface area contributed by atoms with Gasteiger partial charge in [-0.25, -0.2) is 4.79 Å². The molecule has 1 N–H and O–H groups in total. The van der Waals surface area contributed by atoms with E-state index in [-0.39, 0.29) is 11.9 Å². The maximum absolute atomic E-state index is 11.8. The third-order valence-corrected chi connectivity index (χ3v) is 3.33. The summed E-state index contributed by atoms with van der Waals surface area (Å²) < 4.78 is 0. The molecule has 84 valence electrons. The second-order valence-electron chi connectivity index (χ2n) is 4.45. The second kappa shape index (κ2) is 3.72. The zero-order valence-electron chi connectivity index (χ0n) is 8.85. The monoisotopic (exact) mass is 212 g/mol. The van der Waals surface area contributed by atoms with Crippen molar-refractivity contribution in [2.24, 2.45) is 11.8 Å². The second-order valence-corrected chi connectivity index (χ2v) is 4.45. The Kier molecular flexibility index (Phi) is 2.54. The molecule has 2 fully saturated rings. The fourth-order valence-corrected chi connectivity index (χ4v) is 2.15. The smallest absolute Gasteiger partial charge is 0.320 e. The van der Waals surface area contributed by atoms with Crippen molar-refractivity contribution >= 4 is 12.0 Å². The third-order valence-electron chi connectivity index (χ3n) is 3.33. The Labute approximate surface area is 88.6 Å². The molecule has 15 heavy (non-hydrogen) atoms. The van der Waals surface area contributed by atoms with E-state index in [1.165, 1.54) is 0 Å². The van der Waals surface area contributed by atoms with Gasteiger partial charge in [0.15, 0.2) is 0 Å². The van der Waals surface area contributed by atoms with Gasteiger partial charge in [-0.2, -0.15) is 0 Å². The van der Waals surface area contributed by atoms with Crippen molar-refractivity contribution < 1.29 is 14.7 Å². The Morgan fingerprint density at radius 1 is 1.20 bits per heavy atom. The fraction of sp³-hybridized carbons (Fsp3) is 0.800. The van der Waals surface area contributed by atoms with Gasteiger partial charge in [0.05, 0.1) is 5.92 Å². The van der Waals surface area contributed by atoms with Crippen molar-refractivity contribution in [1.82, 2.24) is 9.80 Å². The van der Waals surface area contributed by atoms with Gasteiger partial charge in [-0.3, -0.25) is 4.79 Å². The van der Waals surface area contributed by atoms with E-state index in [2.05, 4.69) is 0 Å². The quantitative estimate of drug-likeness (QED) is 0.687. The normalized spacial score (nSPS) is 30.2. The molecule has 0 spiro atoms. The van der Waals surface area contributed by atoms with Crippen LogP contribution in [0.25, 0.3) is 0 Å². The van der Waals surface area contributed by atoms with Crippen molar-refractivity contribution in [3.8, 4) is 0 Å². The minimum absolute atomic E-state index is 0.0110. The molecule has 2 rings (SSSR count). The van der Waals surface area contributed by atoms with Crippen LogP contribution in [0, 0.1) is 11.8 Å². The summed E-state index contributed by atoms with van der Waals surface area (Å²) in [4.78, 5) is 26.1. The molecule has 0 aromatic rings. The topological polar surface area (TPSA) is 60.9 Å². The van der Waals surface area contributed by atoms with Gasteiger partial charge in [-0.15, -0.1) is 0 Å². The van der Waals surface area contributed by atoms with E-state index in [1.54, 1.807) is 9.80 Å². The standard InChI is InChI=1S/C10H16N2O3/c1-7-5-12(6-8(7)9(13)14)10(15)11-3-2-4-11/h7-8H,2-6H2,1H3,(H,13,14)/t7-,8-/m1/s1. The maximum Gasteiger partial charge on any atom is 0.320 e. The highest BCUT2D eigenvalue weighted by Crippen LogP contribution is 2.25. The third kappa shape index (κ3) is 1.78. The number of likely N-dealkylation sites (tertiary alicyclic amines) is 2. The lowest BCUT2D eigenvalue weighted by atomic mass is 9.99. The number of nitrogens with zero attached hydrogens (tertiary/aromatic N) is 2. The van der Waals surface area contributed by atoms with Crippen LogP contribution < -0.4 is 0 Å². The number of carboxylic acid groups (broad SMARTS) is 1. The maximum atomic E-state index is 11.8.